The maximum absolute atomic E-state index is 5.99. The van der Waals surface area contributed by atoms with Gasteiger partial charge in [-0.2, -0.15) is 0 Å². The molecule has 5 nitrogen and oxygen atoms in total. The predicted octanol–water partition coefficient (Wildman–Crippen LogP) is 1.24. The summed E-state index contributed by atoms with van der Waals surface area (Å²) in [5.41, 5.74) is 6.99. The summed E-state index contributed by atoms with van der Waals surface area (Å²) in [5, 5.41) is 3.20. The van der Waals surface area contributed by atoms with Crippen molar-refractivity contribution in [3.63, 3.8) is 0 Å². The van der Waals surface area contributed by atoms with Crippen molar-refractivity contribution < 1.29 is 4.74 Å². The Morgan fingerprint density at radius 2 is 2.56 bits per heavy atom. The molecule has 2 rings (SSSR count). The molecule has 2 heterocycles. The molecule has 0 saturated carbocycles. The Morgan fingerprint density at radius 3 is 3.22 bits per heavy atom. The van der Waals surface area contributed by atoms with Crippen LogP contribution in [0.5, 0.6) is 0 Å². The van der Waals surface area contributed by atoms with Crippen LogP contribution < -0.4 is 5.73 Å². The summed E-state index contributed by atoms with van der Waals surface area (Å²) < 4.78 is 5.48. The highest BCUT2D eigenvalue weighted by molar-refractivity contribution is 7.09. The predicted molar refractivity (Wildman–Crippen MR) is 73.8 cm³/mol. The van der Waals surface area contributed by atoms with E-state index in [2.05, 4.69) is 27.2 Å². The number of thiazole rings is 1. The third-order valence-electron chi connectivity index (χ3n) is 2.87. The third kappa shape index (κ3) is 3.43. The Kier molecular flexibility index (Phi) is 4.54. The van der Waals surface area contributed by atoms with Crippen LogP contribution in [0.1, 0.15) is 24.5 Å². The number of aryl methyl sites for hydroxylation is 1. The van der Waals surface area contributed by atoms with Gasteiger partial charge < -0.3 is 15.4 Å². The summed E-state index contributed by atoms with van der Waals surface area (Å²) >= 11 is 1.68. The van der Waals surface area contributed by atoms with Gasteiger partial charge in [-0.1, -0.05) is 6.92 Å². The zero-order chi connectivity index (χ0) is 13.0. The van der Waals surface area contributed by atoms with Gasteiger partial charge >= 0.3 is 0 Å². The average Bonchev–Trinajstić information content (AvgIpc) is 2.84. The molecule has 6 heteroatoms. The fourth-order valence-corrected chi connectivity index (χ4v) is 2.61. The summed E-state index contributed by atoms with van der Waals surface area (Å²) in [6.45, 7) is 7.06. The lowest BCUT2D eigenvalue weighted by molar-refractivity contribution is 0.00528. The van der Waals surface area contributed by atoms with Gasteiger partial charge in [-0.15, -0.1) is 11.3 Å². The first-order chi connectivity index (χ1) is 8.69. The molecule has 1 aromatic rings. The highest BCUT2D eigenvalue weighted by atomic mass is 32.1. The maximum atomic E-state index is 5.99. The van der Waals surface area contributed by atoms with E-state index >= 15 is 0 Å². The molecular weight excluding hydrogens is 248 g/mol. The number of hydrogen-bond acceptors (Lipinski definition) is 4. The highest BCUT2D eigenvalue weighted by Crippen LogP contribution is 2.11. The van der Waals surface area contributed by atoms with Crippen LogP contribution in [0.4, 0.5) is 0 Å². The Bertz CT molecular complexity index is 418. The molecule has 18 heavy (non-hydrogen) atoms. The molecule has 0 aliphatic carbocycles. The van der Waals surface area contributed by atoms with Crippen molar-refractivity contribution in [1.29, 1.82) is 0 Å². The summed E-state index contributed by atoms with van der Waals surface area (Å²) in [5.74, 6) is 0.594. The zero-order valence-electron chi connectivity index (χ0n) is 10.9. The van der Waals surface area contributed by atoms with Gasteiger partial charge in [0.05, 0.1) is 30.0 Å². The summed E-state index contributed by atoms with van der Waals surface area (Å²) in [6.07, 6.45) is 1.20. The van der Waals surface area contributed by atoms with Gasteiger partial charge in [0.15, 0.2) is 5.96 Å². The first kappa shape index (κ1) is 13.3. The SMILES string of the molecule is CCc1nc(CN=C(N)N2CCOC(C)C2)cs1. The van der Waals surface area contributed by atoms with Gasteiger partial charge in [0.2, 0.25) is 0 Å². The number of hydrogen-bond donors (Lipinski definition) is 1. The van der Waals surface area contributed by atoms with Crippen molar-refractivity contribution in [2.75, 3.05) is 19.7 Å². The topological polar surface area (TPSA) is 63.7 Å². The number of nitrogens with two attached hydrogens (primary N) is 1. The van der Waals surface area contributed by atoms with E-state index in [0.29, 0.717) is 19.1 Å². The van der Waals surface area contributed by atoms with Crippen LogP contribution in [-0.2, 0) is 17.7 Å². The van der Waals surface area contributed by atoms with Gasteiger partial charge in [0.25, 0.3) is 0 Å². The van der Waals surface area contributed by atoms with Crippen molar-refractivity contribution in [2.45, 2.75) is 32.9 Å². The van der Waals surface area contributed by atoms with E-state index in [1.807, 2.05) is 6.92 Å². The monoisotopic (exact) mass is 268 g/mol. The molecule has 1 aromatic heterocycles. The summed E-state index contributed by atoms with van der Waals surface area (Å²) in [6, 6.07) is 0. The van der Waals surface area contributed by atoms with Crippen molar-refractivity contribution >= 4 is 17.3 Å². The molecular formula is C12H20N4OS. The fourth-order valence-electron chi connectivity index (χ4n) is 1.87. The van der Waals surface area contributed by atoms with Gasteiger partial charge in [0, 0.05) is 18.5 Å². The molecule has 0 bridgehead atoms. The second kappa shape index (κ2) is 6.15. The van der Waals surface area contributed by atoms with Gasteiger partial charge in [-0.25, -0.2) is 9.98 Å². The normalized spacial score (nSPS) is 21.3. The lowest BCUT2D eigenvalue weighted by Crippen LogP contribution is -2.47. The standard InChI is InChI=1S/C12H20N4OS/c1-3-11-15-10(8-18-11)6-14-12(13)16-4-5-17-9(2)7-16/h8-9H,3-7H2,1-2H3,(H2,13,14). The molecule has 1 saturated heterocycles. The lowest BCUT2D eigenvalue weighted by Gasteiger charge is -2.31. The van der Waals surface area contributed by atoms with E-state index < -0.39 is 0 Å². The van der Waals surface area contributed by atoms with Crippen LogP contribution in [0.25, 0.3) is 0 Å². The minimum atomic E-state index is 0.221. The number of nitrogens with zero attached hydrogens (tertiary/aromatic N) is 3. The van der Waals surface area contributed by atoms with Crippen LogP contribution >= 0.6 is 11.3 Å². The number of rotatable bonds is 3. The fraction of sp³-hybridized carbons (Fsp3) is 0.667. The van der Waals surface area contributed by atoms with E-state index in [9.17, 15) is 0 Å². The Hall–Kier alpha value is -1.14. The maximum Gasteiger partial charge on any atom is 0.191 e. The molecule has 1 unspecified atom stereocenters. The van der Waals surface area contributed by atoms with Crippen LogP contribution in [0.15, 0.2) is 10.4 Å². The first-order valence-corrected chi connectivity index (χ1v) is 7.16. The number of morpholine rings is 1. The third-order valence-corrected chi connectivity index (χ3v) is 3.91. The quantitative estimate of drug-likeness (QED) is 0.662. The zero-order valence-corrected chi connectivity index (χ0v) is 11.7. The average molecular weight is 268 g/mol. The van der Waals surface area contributed by atoms with Gasteiger partial charge in [-0.3, -0.25) is 0 Å². The van der Waals surface area contributed by atoms with Gasteiger partial charge in [0.1, 0.15) is 0 Å². The number of aliphatic imine (C=N–C) groups is 1. The molecule has 1 atom stereocenters. The molecule has 0 aromatic carbocycles. The van der Waals surface area contributed by atoms with Crippen molar-refractivity contribution in [2.24, 2.45) is 10.7 Å². The second-order valence-corrected chi connectivity index (χ2v) is 5.33. The molecule has 100 valence electrons. The van der Waals surface area contributed by atoms with E-state index in [1.54, 1.807) is 11.3 Å². The van der Waals surface area contributed by atoms with Crippen LogP contribution in [0, 0.1) is 0 Å². The second-order valence-electron chi connectivity index (χ2n) is 4.39. The van der Waals surface area contributed by atoms with Crippen LogP contribution in [0.2, 0.25) is 0 Å². The Labute approximate surface area is 112 Å². The van der Waals surface area contributed by atoms with E-state index in [0.717, 1.165) is 30.2 Å². The Morgan fingerprint density at radius 1 is 1.72 bits per heavy atom. The van der Waals surface area contributed by atoms with Crippen molar-refractivity contribution in [1.82, 2.24) is 9.88 Å². The first-order valence-electron chi connectivity index (χ1n) is 6.28. The van der Waals surface area contributed by atoms with Crippen molar-refractivity contribution in [3.05, 3.63) is 16.1 Å². The number of aromatic nitrogens is 1. The molecule has 1 fully saturated rings. The lowest BCUT2D eigenvalue weighted by atomic mass is 10.3. The number of guanidine groups is 1. The van der Waals surface area contributed by atoms with E-state index in [4.69, 9.17) is 10.5 Å². The Balaban J connectivity index is 1.91. The minimum absolute atomic E-state index is 0.221. The number of ether oxygens (including phenoxy) is 1. The smallest absolute Gasteiger partial charge is 0.191 e. The van der Waals surface area contributed by atoms with E-state index in [1.165, 1.54) is 0 Å². The molecule has 2 N–H and O–H groups in total. The largest absolute Gasteiger partial charge is 0.375 e. The summed E-state index contributed by atoms with van der Waals surface area (Å²) in [7, 11) is 0. The van der Waals surface area contributed by atoms with Gasteiger partial charge in [-0.05, 0) is 13.3 Å². The molecule has 0 radical (unpaired) electrons. The van der Waals surface area contributed by atoms with Crippen molar-refractivity contribution in [3.8, 4) is 0 Å². The molecule has 1 aliphatic rings. The minimum Gasteiger partial charge on any atom is -0.375 e. The summed E-state index contributed by atoms with van der Waals surface area (Å²) in [4.78, 5) is 11.0. The van der Waals surface area contributed by atoms with Crippen LogP contribution in [-0.4, -0.2) is 41.6 Å². The highest BCUT2D eigenvalue weighted by Gasteiger charge is 2.17. The molecule has 0 amide bonds. The molecule has 0 spiro atoms. The molecule has 1 aliphatic heterocycles. The van der Waals surface area contributed by atoms with E-state index in [-0.39, 0.29) is 6.10 Å². The van der Waals surface area contributed by atoms with Crippen LogP contribution in [0.3, 0.4) is 0 Å².